The molecule has 13 nitrogen and oxygen atoms in total. The number of unbranched alkanes of at least 4 members (excludes halogenated alkanes) is 4. The second-order valence-electron chi connectivity index (χ2n) is 14.6. The Hall–Kier alpha value is -5.60. The third kappa shape index (κ3) is 15.1. The number of carbonyl (C=O) groups excluding carboxylic acids is 5. The van der Waals surface area contributed by atoms with Crippen molar-refractivity contribution in [1.29, 1.82) is 0 Å². The topological polar surface area (TPSA) is 186 Å². The van der Waals surface area contributed by atoms with E-state index in [4.69, 9.17) is 20.4 Å². The lowest BCUT2D eigenvalue weighted by molar-refractivity contribution is -0.123. The Bertz CT molecular complexity index is 2180. The molecule has 0 spiro atoms. The van der Waals surface area contributed by atoms with Gasteiger partial charge < -0.3 is 24.8 Å². The molecule has 0 bridgehead atoms. The molecule has 5 aromatic rings. The molecule has 3 aromatic heterocycles. The number of pyridine rings is 1. The van der Waals surface area contributed by atoms with Crippen molar-refractivity contribution in [2.75, 3.05) is 5.75 Å². The maximum absolute atomic E-state index is 12.8. The van der Waals surface area contributed by atoms with E-state index in [1.165, 1.54) is 12.3 Å². The first-order chi connectivity index (χ1) is 29.6. The highest BCUT2D eigenvalue weighted by Gasteiger charge is 2.31. The van der Waals surface area contributed by atoms with Crippen molar-refractivity contribution < 1.29 is 32.8 Å². The van der Waals surface area contributed by atoms with Crippen LogP contribution in [-0.2, 0) is 14.4 Å². The van der Waals surface area contributed by atoms with Crippen LogP contribution in [0.1, 0.15) is 125 Å². The quantitative estimate of drug-likeness (QED) is 0.0444. The van der Waals surface area contributed by atoms with E-state index in [-0.39, 0.29) is 39.8 Å². The summed E-state index contributed by atoms with van der Waals surface area (Å²) in [4.78, 5) is 72.5. The van der Waals surface area contributed by atoms with E-state index in [1.54, 1.807) is 18.5 Å². The number of ketones is 2. The molecule has 2 aromatic carbocycles. The average Bonchev–Trinajstić information content (AvgIpc) is 4.08. The molecule has 0 aliphatic carbocycles. The maximum atomic E-state index is 12.8. The van der Waals surface area contributed by atoms with Crippen molar-refractivity contribution in [3.8, 4) is 22.6 Å². The minimum atomic E-state index is -0.546. The Morgan fingerprint density at radius 1 is 0.738 bits per heavy atom. The lowest BCUT2D eigenvalue weighted by atomic mass is 10.0. The Morgan fingerprint density at radius 3 is 1.74 bits per heavy atom. The smallest absolute Gasteiger partial charge is 0.279 e. The molecule has 1 saturated heterocycles. The Balaban J connectivity index is 0.000000231. The van der Waals surface area contributed by atoms with Gasteiger partial charge in [-0.2, -0.15) is 0 Å². The van der Waals surface area contributed by atoms with E-state index in [1.807, 2.05) is 74.5 Å². The van der Waals surface area contributed by atoms with Crippen LogP contribution in [0, 0.1) is 0 Å². The summed E-state index contributed by atoms with van der Waals surface area (Å²) in [5.74, 6) is 2.65. The summed E-state index contributed by atoms with van der Waals surface area (Å²) >= 11 is 7.03. The van der Waals surface area contributed by atoms with Gasteiger partial charge in [-0.25, -0.2) is 15.0 Å². The standard InChI is InChI=1S/C24H26ClN3O3.C22H27N3O4S/c1-2-19(29)11-7-4-8-12-20(28-23(30)18-13-14-26-22(25)15-18)24-27-16-21(31-24)17-9-5-3-6-10-17;1-2-16(26)11-7-4-8-12-17(24-20(27)18-14-30-22(28)25-18)21-23-13-19(29-21)15-9-5-3-6-10-15/h3,5-6,9-10,13-16,20H,2,4,7-8,11-12H2,1H3,(H,28,30);3,5-6,9-10,13,17-18H,2,4,7-8,11-12,14H2,1H3,(H,24,27)(H,25,28)/t20-;17-,18-/m00/s1. The van der Waals surface area contributed by atoms with Gasteiger partial charge in [-0.1, -0.05) is 124 Å². The van der Waals surface area contributed by atoms with E-state index >= 15 is 0 Å². The molecule has 61 heavy (non-hydrogen) atoms. The number of halogens is 1. The van der Waals surface area contributed by atoms with Crippen LogP contribution < -0.4 is 16.0 Å². The fourth-order valence-electron chi connectivity index (χ4n) is 6.52. The Labute approximate surface area is 365 Å². The molecule has 1 fully saturated rings. The third-order valence-corrected chi connectivity index (χ3v) is 11.1. The number of oxazole rings is 2. The lowest BCUT2D eigenvalue weighted by Crippen LogP contribution is -2.44. The molecule has 3 atom stereocenters. The number of amides is 3. The van der Waals surface area contributed by atoms with Crippen molar-refractivity contribution in [3.63, 3.8) is 0 Å². The summed E-state index contributed by atoms with van der Waals surface area (Å²) in [6.07, 6.45) is 13.6. The fourth-order valence-corrected chi connectivity index (χ4v) is 7.47. The van der Waals surface area contributed by atoms with E-state index in [2.05, 4.69) is 30.9 Å². The number of rotatable bonds is 22. The monoisotopic (exact) mass is 868 g/mol. The summed E-state index contributed by atoms with van der Waals surface area (Å²) in [5, 5.41) is 8.72. The van der Waals surface area contributed by atoms with Crippen molar-refractivity contribution in [2.24, 2.45) is 0 Å². The van der Waals surface area contributed by atoms with Gasteiger partial charge in [-0.05, 0) is 37.8 Å². The lowest BCUT2D eigenvalue weighted by Gasteiger charge is -2.18. The van der Waals surface area contributed by atoms with Gasteiger partial charge in [0.2, 0.25) is 17.7 Å². The highest BCUT2D eigenvalue weighted by molar-refractivity contribution is 8.14. The molecule has 3 N–H and O–H groups in total. The summed E-state index contributed by atoms with van der Waals surface area (Å²) in [5.41, 5.74) is 2.26. The first-order valence-electron chi connectivity index (χ1n) is 20.8. The van der Waals surface area contributed by atoms with E-state index < -0.39 is 12.1 Å². The number of carbonyl (C=O) groups is 5. The zero-order chi connectivity index (χ0) is 43.4. The number of nitrogens with one attached hydrogen (secondary N) is 3. The van der Waals surface area contributed by atoms with Gasteiger partial charge in [-0.3, -0.25) is 24.0 Å². The van der Waals surface area contributed by atoms with Crippen molar-refractivity contribution >= 4 is 52.0 Å². The van der Waals surface area contributed by atoms with Crippen LogP contribution in [0.15, 0.2) is 100 Å². The molecule has 4 heterocycles. The highest BCUT2D eigenvalue weighted by Crippen LogP contribution is 2.28. The van der Waals surface area contributed by atoms with Crippen molar-refractivity contribution in [3.05, 3.63) is 114 Å². The van der Waals surface area contributed by atoms with E-state index in [0.29, 0.717) is 73.1 Å². The number of thioether (sulfide) groups is 1. The number of hydrogen-bond donors (Lipinski definition) is 3. The molecule has 3 amide bonds. The number of nitrogens with zero attached hydrogens (tertiary/aromatic N) is 3. The predicted molar refractivity (Wildman–Crippen MR) is 236 cm³/mol. The van der Waals surface area contributed by atoms with Gasteiger partial charge in [0, 0.05) is 54.3 Å². The SMILES string of the molecule is CCC(=O)CCCCC[C@H](NC(=O)[C@@H]1CSC(=O)N1)c1ncc(-c2ccccc2)o1.CCC(=O)CCCCC[C@H](NC(=O)c1ccnc(Cl)c1)c1ncc(-c2ccccc2)o1. The van der Waals surface area contributed by atoms with Crippen LogP contribution in [0.3, 0.4) is 0 Å². The molecule has 1 aliphatic heterocycles. The molecule has 6 rings (SSSR count). The predicted octanol–water partition coefficient (Wildman–Crippen LogP) is 10.0. The minimum absolute atomic E-state index is 0.185. The third-order valence-electron chi connectivity index (χ3n) is 10.0. The molecule has 15 heteroatoms. The van der Waals surface area contributed by atoms with Crippen LogP contribution in [-0.4, -0.2) is 55.4 Å². The van der Waals surface area contributed by atoms with Crippen LogP contribution in [0.5, 0.6) is 0 Å². The minimum Gasteiger partial charge on any atom is -0.438 e. The van der Waals surface area contributed by atoms with Gasteiger partial charge in [0.05, 0.1) is 12.4 Å². The maximum Gasteiger partial charge on any atom is 0.279 e. The average molecular weight is 869 g/mol. The molecule has 322 valence electrons. The fraction of sp³-hybridized carbons (Fsp3) is 0.391. The summed E-state index contributed by atoms with van der Waals surface area (Å²) in [6.45, 7) is 3.76. The van der Waals surface area contributed by atoms with Gasteiger partial charge in [0.1, 0.15) is 34.8 Å². The Morgan fingerprint density at radius 2 is 1.26 bits per heavy atom. The van der Waals surface area contributed by atoms with E-state index in [9.17, 15) is 24.0 Å². The van der Waals surface area contributed by atoms with Gasteiger partial charge in [0.15, 0.2) is 11.5 Å². The Kier molecular flexibility index (Phi) is 18.7. The van der Waals surface area contributed by atoms with Gasteiger partial charge in [0.25, 0.3) is 11.1 Å². The normalized spacial score (nSPS) is 14.3. The van der Waals surface area contributed by atoms with Crippen molar-refractivity contribution in [1.82, 2.24) is 30.9 Å². The molecule has 0 unspecified atom stereocenters. The van der Waals surface area contributed by atoms with Crippen LogP contribution >= 0.6 is 23.4 Å². The molecular weight excluding hydrogens is 816 g/mol. The summed E-state index contributed by atoms with van der Waals surface area (Å²) < 4.78 is 11.9. The molecule has 1 aliphatic rings. The largest absolute Gasteiger partial charge is 0.438 e. The van der Waals surface area contributed by atoms with Gasteiger partial charge in [-0.15, -0.1) is 0 Å². The zero-order valence-electron chi connectivity index (χ0n) is 34.6. The van der Waals surface area contributed by atoms with Gasteiger partial charge >= 0.3 is 0 Å². The molecular formula is C46H53ClN6O7S. The molecule has 0 radical (unpaired) electrons. The second-order valence-corrected chi connectivity index (χ2v) is 16.0. The first kappa shape index (κ1) is 46.5. The molecule has 0 saturated carbocycles. The van der Waals surface area contributed by atoms with E-state index in [0.717, 1.165) is 61.4 Å². The number of benzene rings is 2. The van der Waals surface area contributed by atoms with Crippen LogP contribution in [0.2, 0.25) is 5.15 Å². The number of Topliss-reactive ketones (excluding diaryl/α,β-unsaturated/α-hetero) is 2. The van der Waals surface area contributed by atoms with Crippen molar-refractivity contribution in [2.45, 2.75) is 109 Å². The van der Waals surface area contributed by atoms with Crippen LogP contribution in [0.25, 0.3) is 22.6 Å². The first-order valence-corrected chi connectivity index (χ1v) is 22.2. The number of hydrogen-bond acceptors (Lipinski definition) is 11. The second kappa shape index (κ2) is 24.6. The number of aromatic nitrogens is 3. The zero-order valence-corrected chi connectivity index (χ0v) is 36.1. The van der Waals surface area contributed by atoms with Crippen LogP contribution in [0.4, 0.5) is 4.79 Å². The summed E-state index contributed by atoms with van der Waals surface area (Å²) in [6, 6.07) is 21.2. The summed E-state index contributed by atoms with van der Waals surface area (Å²) in [7, 11) is 0. The highest BCUT2D eigenvalue weighted by atomic mass is 35.5.